The Morgan fingerprint density at radius 2 is 2.25 bits per heavy atom. The average molecular weight is 290 g/mol. The maximum atomic E-state index is 4.58. The Bertz CT molecular complexity index is 688. The lowest BCUT2D eigenvalue weighted by Crippen LogP contribution is -2.08. The molecule has 1 N–H and O–H groups in total. The van der Waals surface area contributed by atoms with Gasteiger partial charge in [-0.25, -0.2) is 14.6 Å². The number of hydrogen-bond acceptors (Lipinski definition) is 5. The topological polar surface area (TPSA) is 60.6 Å². The van der Waals surface area contributed by atoms with Crippen LogP contribution in [0.5, 0.6) is 0 Å². The highest BCUT2D eigenvalue weighted by Gasteiger charge is 2.12. The van der Waals surface area contributed by atoms with Crippen LogP contribution in [-0.4, -0.2) is 24.3 Å². The molecule has 0 saturated heterocycles. The third-order valence-corrected chi connectivity index (χ3v) is 4.32. The van der Waals surface area contributed by atoms with Crippen molar-refractivity contribution in [3.63, 3.8) is 0 Å². The molecule has 0 fully saturated rings. The number of hydrogen-bond donors (Lipinski definition) is 1. The third-order valence-electron chi connectivity index (χ3n) is 3.21. The smallest absolute Gasteiger partial charge is 0.185 e. The van der Waals surface area contributed by atoms with Gasteiger partial charge in [-0.15, -0.1) is 0 Å². The summed E-state index contributed by atoms with van der Waals surface area (Å²) in [5.74, 6) is 1.04. The Balaban J connectivity index is 1.76. The maximum absolute atomic E-state index is 4.58. The molecule has 3 aromatic heterocycles. The summed E-state index contributed by atoms with van der Waals surface area (Å²) in [5.41, 5.74) is 1.97. The van der Waals surface area contributed by atoms with Crippen LogP contribution in [-0.2, 0) is 20.1 Å². The molecule has 0 bridgehead atoms. The van der Waals surface area contributed by atoms with Crippen LogP contribution in [0, 0.1) is 6.92 Å². The van der Waals surface area contributed by atoms with Crippen molar-refractivity contribution < 1.29 is 0 Å². The molecule has 0 aromatic carbocycles. The second-order valence-corrected chi connectivity index (χ2v) is 5.77. The Kier molecular flexibility index (Phi) is 3.43. The van der Waals surface area contributed by atoms with Gasteiger partial charge in [-0.2, -0.15) is 5.10 Å². The highest BCUT2D eigenvalue weighted by Crippen LogP contribution is 2.28. The number of anilines is 1. The summed E-state index contributed by atoms with van der Waals surface area (Å²) >= 11 is 1.64. The first kappa shape index (κ1) is 13.1. The molecule has 0 atom stereocenters. The van der Waals surface area contributed by atoms with Crippen LogP contribution in [0.3, 0.4) is 0 Å². The van der Waals surface area contributed by atoms with Crippen molar-refractivity contribution in [2.24, 2.45) is 7.05 Å². The average Bonchev–Trinajstić information content (AvgIpc) is 3.07. The Hall–Kier alpha value is -1.89. The molecule has 3 rings (SSSR count). The second-order valence-electron chi connectivity index (χ2n) is 4.77. The Labute approximate surface area is 121 Å². The van der Waals surface area contributed by atoms with Crippen molar-refractivity contribution in [3.8, 4) is 0 Å². The number of fused-ring (bicyclic) bond motifs is 1. The van der Waals surface area contributed by atoms with Gasteiger partial charge in [0.2, 0.25) is 0 Å². The molecule has 0 radical (unpaired) electrons. The minimum atomic E-state index is 0.694. The van der Waals surface area contributed by atoms with Crippen molar-refractivity contribution in [1.82, 2.24) is 24.3 Å². The second kappa shape index (κ2) is 5.24. The fraction of sp³-hybridized carbons (Fsp3) is 0.462. The van der Waals surface area contributed by atoms with Crippen molar-refractivity contribution in [2.45, 2.75) is 33.4 Å². The van der Waals surface area contributed by atoms with Crippen LogP contribution in [0.4, 0.5) is 5.13 Å². The van der Waals surface area contributed by atoms with E-state index in [1.165, 1.54) is 0 Å². The number of thiazole rings is 1. The molecule has 0 aliphatic rings. The first-order valence-electron chi connectivity index (χ1n) is 6.73. The van der Waals surface area contributed by atoms with Gasteiger partial charge in [0.05, 0.1) is 16.9 Å². The number of rotatable bonds is 5. The molecular formula is C13H18N6S. The zero-order valence-corrected chi connectivity index (χ0v) is 12.7. The molecule has 0 spiro atoms. The fourth-order valence-corrected chi connectivity index (χ4v) is 3.19. The van der Waals surface area contributed by atoms with Crippen LogP contribution < -0.4 is 5.32 Å². The largest absolute Gasteiger partial charge is 0.354 e. The van der Waals surface area contributed by atoms with Crippen LogP contribution in [0.25, 0.3) is 10.3 Å². The van der Waals surface area contributed by atoms with Crippen molar-refractivity contribution in [2.75, 3.05) is 5.32 Å². The molecule has 0 unspecified atom stereocenters. The van der Waals surface area contributed by atoms with Crippen molar-refractivity contribution >= 4 is 26.8 Å². The lowest BCUT2D eigenvalue weighted by atomic mass is 10.4. The highest BCUT2D eigenvalue weighted by atomic mass is 32.1. The zero-order valence-electron chi connectivity index (χ0n) is 11.9. The minimum absolute atomic E-state index is 0.694. The highest BCUT2D eigenvalue weighted by molar-refractivity contribution is 7.22. The first-order chi connectivity index (χ1) is 9.69. The van der Waals surface area contributed by atoms with Crippen LogP contribution in [0.15, 0.2) is 12.4 Å². The van der Waals surface area contributed by atoms with Gasteiger partial charge in [0.1, 0.15) is 5.82 Å². The van der Waals surface area contributed by atoms with Crippen molar-refractivity contribution in [3.05, 3.63) is 23.9 Å². The summed E-state index contributed by atoms with van der Waals surface area (Å²) in [7, 11) is 1.92. The lowest BCUT2D eigenvalue weighted by Gasteiger charge is -2.06. The molecule has 0 aliphatic heterocycles. The number of nitrogens with one attached hydrogen (secondary N) is 1. The van der Waals surface area contributed by atoms with E-state index in [0.29, 0.717) is 6.54 Å². The van der Waals surface area contributed by atoms with Gasteiger partial charge in [0.15, 0.2) is 10.8 Å². The zero-order chi connectivity index (χ0) is 14.1. The van der Waals surface area contributed by atoms with E-state index in [4.69, 9.17) is 0 Å². The molecule has 3 aromatic rings. The van der Waals surface area contributed by atoms with E-state index in [1.807, 2.05) is 31.0 Å². The standard InChI is InChI=1S/C13H18N6S/c1-4-6-19-7-5-14-10(19)8-15-13-16-12-11(20-13)9(2)17-18(12)3/h5,7H,4,6,8H2,1-3H3,(H,15,16). The van der Waals surface area contributed by atoms with E-state index in [-0.39, 0.29) is 0 Å². The fourth-order valence-electron chi connectivity index (χ4n) is 2.27. The molecule has 0 amide bonds. The summed E-state index contributed by atoms with van der Waals surface area (Å²) in [5, 5.41) is 8.64. The van der Waals surface area contributed by atoms with Crippen molar-refractivity contribution in [1.29, 1.82) is 0 Å². The number of aryl methyl sites for hydroxylation is 3. The SMILES string of the molecule is CCCn1ccnc1CNc1nc2c(s1)c(C)nn2C. The third kappa shape index (κ3) is 2.29. The van der Waals surface area contributed by atoms with E-state index in [2.05, 4.69) is 31.9 Å². The van der Waals surface area contributed by atoms with E-state index in [1.54, 1.807) is 11.3 Å². The van der Waals surface area contributed by atoms with E-state index in [9.17, 15) is 0 Å². The maximum Gasteiger partial charge on any atom is 0.185 e. The van der Waals surface area contributed by atoms with Crippen LogP contribution >= 0.6 is 11.3 Å². The number of imidazole rings is 1. The quantitative estimate of drug-likeness (QED) is 0.784. The lowest BCUT2D eigenvalue weighted by molar-refractivity contribution is 0.644. The molecule has 6 nitrogen and oxygen atoms in total. The molecule has 0 aliphatic carbocycles. The van der Waals surface area contributed by atoms with E-state index in [0.717, 1.165) is 40.0 Å². The molecule has 106 valence electrons. The predicted octanol–water partition coefficient (Wildman–Crippen LogP) is 2.56. The molecular weight excluding hydrogens is 272 g/mol. The number of aromatic nitrogens is 5. The Morgan fingerprint density at radius 3 is 3.00 bits per heavy atom. The van der Waals surface area contributed by atoms with Gasteiger partial charge in [-0.1, -0.05) is 18.3 Å². The molecule has 20 heavy (non-hydrogen) atoms. The first-order valence-corrected chi connectivity index (χ1v) is 7.54. The van der Waals surface area contributed by atoms with Gasteiger partial charge in [0, 0.05) is 26.0 Å². The minimum Gasteiger partial charge on any atom is -0.354 e. The molecule has 7 heteroatoms. The van der Waals surface area contributed by atoms with Crippen LogP contribution in [0.2, 0.25) is 0 Å². The summed E-state index contributed by atoms with van der Waals surface area (Å²) in [6.45, 7) is 5.87. The normalized spacial score (nSPS) is 11.3. The number of nitrogens with zero attached hydrogens (tertiary/aromatic N) is 5. The molecule has 0 saturated carbocycles. The summed E-state index contributed by atoms with van der Waals surface area (Å²) in [6.07, 6.45) is 4.97. The molecule has 3 heterocycles. The van der Waals surface area contributed by atoms with E-state index >= 15 is 0 Å². The Morgan fingerprint density at radius 1 is 1.40 bits per heavy atom. The summed E-state index contributed by atoms with van der Waals surface area (Å²) < 4.78 is 5.14. The van der Waals surface area contributed by atoms with Gasteiger partial charge in [-0.05, 0) is 13.3 Å². The van der Waals surface area contributed by atoms with Gasteiger partial charge in [-0.3, -0.25) is 0 Å². The summed E-state index contributed by atoms with van der Waals surface area (Å²) in [4.78, 5) is 8.97. The monoisotopic (exact) mass is 290 g/mol. The van der Waals surface area contributed by atoms with Gasteiger partial charge >= 0.3 is 0 Å². The predicted molar refractivity (Wildman–Crippen MR) is 81.0 cm³/mol. The van der Waals surface area contributed by atoms with Crippen LogP contribution in [0.1, 0.15) is 24.9 Å². The summed E-state index contributed by atoms with van der Waals surface area (Å²) in [6, 6.07) is 0. The van der Waals surface area contributed by atoms with Gasteiger partial charge < -0.3 is 9.88 Å². The van der Waals surface area contributed by atoms with Gasteiger partial charge in [0.25, 0.3) is 0 Å². The van der Waals surface area contributed by atoms with E-state index < -0.39 is 0 Å².